The first-order valence-corrected chi connectivity index (χ1v) is 6.72. The second kappa shape index (κ2) is 8.15. The van der Waals surface area contributed by atoms with Crippen LogP contribution in [0, 0.1) is 0 Å². The summed E-state index contributed by atoms with van der Waals surface area (Å²) in [5.41, 5.74) is 1.50. The van der Waals surface area contributed by atoms with Crippen LogP contribution in [0.4, 0.5) is 5.69 Å². The van der Waals surface area contributed by atoms with Crippen molar-refractivity contribution in [2.75, 3.05) is 37.8 Å². The van der Waals surface area contributed by atoms with Gasteiger partial charge in [0.05, 0.1) is 24.8 Å². The number of hydrogen-bond acceptors (Lipinski definition) is 4. The van der Waals surface area contributed by atoms with Gasteiger partial charge in [-0.05, 0) is 32.0 Å². The number of likely N-dealkylation sites (N-methyl/N-ethyl adjacent to an activating group) is 1. The third kappa shape index (κ3) is 4.82. The Kier molecular flexibility index (Phi) is 6.84. The average Bonchev–Trinajstić information content (AvgIpc) is 2.38. The molecule has 1 N–H and O–H groups in total. The predicted octanol–water partition coefficient (Wildman–Crippen LogP) is 2.38. The Labute approximate surface area is 118 Å². The Morgan fingerprint density at radius 1 is 1.42 bits per heavy atom. The first-order valence-electron chi connectivity index (χ1n) is 6.34. The van der Waals surface area contributed by atoms with Crippen LogP contribution in [0.5, 0.6) is 0 Å². The standard InChI is InChI=1S/C14H20ClNO3/c1-3-16(6-8-19-9-7-17)12-4-5-13(11(2)18)14(15)10-12/h4-5,10,17H,3,6-9H2,1-2H3. The largest absolute Gasteiger partial charge is 0.394 e. The van der Waals surface area contributed by atoms with Crippen molar-refractivity contribution in [3.8, 4) is 0 Å². The molecule has 0 saturated carbocycles. The highest BCUT2D eigenvalue weighted by Crippen LogP contribution is 2.24. The SMILES string of the molecule is CCN(CCOCCO)c1ccc(C(C)=O)c(Cl)c1. The number of carbonyl (C=O) groups excluding carboxylic acids is 1. The van der Waals surface area contributed by atoms with Crippen molar-refractivity contribution >= 4 is 23.1 Å². The number of hydrogen-bond donors (Lipinski definition) is 1. The number of Topliss-reactive ketones (excluding diaryl/α,β-unsaturated/α-hetero) is 1. The van der Waals surface area contributed by atoms with Gasteiger partial charge in [-0.25, -0.2) is 0 Å². The van der Waals surface area contributed by atoms with Crippen LogP contribution >= 0.6 is 11.6 Å². The molecule has 0 radical (unpaired) electrons. The van der Waals surface area contributed by atoms with E-state index in [2.05, 4.69) is 4.90 Å². The Hall–Kier alpha value is -1.10. The number of nitrogens with zero attached hydrogens (tertiary/aromatic N) is 1. The van der Waals surface area contributed by atoms with E-state index in [1.807, 2.05) is 13.0 Å². The number of rotatable bonds is 8. The number of ketones is 1. The van der Waals surface area contributed by atoms with E-state index in [0.29, 0.717) is 30.3 Å². The van der Waals surface area contributed by atoms with Crippen LogP contribution in [-0.4, -0.2) is 43.8 Å². The summed E-state index contributed by atoms with van der Waals surface area (Å²) in [6.07, 6.45) is 0. The van der Waals surface area contributed by atoms with Gasteiger partial charge >= 0.3 is 0 Å². The summed E-state index contributed by atoms with van der Waals surface area (Å²) < 4.78 is 5.25. The van der Waals surface area contributed by atoms with Gasteiger partial charge in [0.2, 0.25) is 0 Å². The van der Waals surface area contributed by atoms with Crippen molar-refractivity contribution < 1.29 is 14.6 Å². The minimum absolute atomic E-state index is 0.0330. The summed E-state index contributed by atoms with van der Waals surface area (Å²) in [5.74, 6) is -0.0362. The highest BCUT2D eigenvalue weighted by molar-refractivity contribution is 6.34. The first kappa shape index (κ1) is 16.0. The van der Waals surface area contributed by atoms with E-state index >= 15 is 0 Å². The van der Waals surface area contributed by atoms with Gasteiger partial charge in [0.15, 0.2) is 5.78 Å². The number of benzene rings is 1. The number of aliphatic hydroxyl groups is 1. The lowest BCUT2D eigenvalue weighted by Crippen LogP contribution is -2.27. The van der Waals surface area contributed by atoms with E-state index in [0.717, 1.165) is 12.2 Å². The molecule has 4 nitrogen and oxygen atoms in total. The Morgan fingerprint density at radius 2 is 2.16 bits per heavy atom. The molecule has 0 fully saturated rings. The molecule has 0 unspecified atom stereocenters. The van der Waals surface area contributed by atoms with Crippen LogP contribution in [0.15, 0.2) is 18.2 Å². The fourth-order valence-electron chi connectivity index (χ4n) is 1.80. The van der Waals surface area contributed by atoms with E-state index in [4.69, 9.17) is 21.4 Å². The van der Waals surface area contributed by atoms with Gasteiger partial charge in [-0.2, -0.15) is 0 Å². The van der Waals surface area contributed by atoms with Crippen molar-refractivity contribution in [1.82, 2.24) is 0 Å². The van der Waals surface area contributed by atoms with Crippen molar-refractivity contribution in [1.29, 1.82) is 0 Å². The molecular formula is C14H20ClNO3. The van der Waals surface area contributed by atoms with Crippen molar-refractivity contribution in [2.45, 2.75) is 13.8 Å². The lowest BCUT2D eigenvalue weighted by molar-refractivity contribution is 0.0967. The summed E-state index contributed by atoms with van der Waals surface area (Å²) in [6, 6.07) is 5.43. The average molecular weight is 286 g/mol. The molecule has 1 aromatic rings. The van der Waals surface area contributed by atoms with Gasteiger partial charge in [-0.3, -0.25) is 4.79 Å². The minimum atomic E-state index is -0.0362. The molecular weight excluding hydrogens is 266 g/mol. The molecule has 0 aliphatic carbocycles. The van der Waals surface area contributed by atoms with E-state index in [1.165, 1.54) is 6.92 Å². The normalized spacial score (nSPS) is 10.5. The molecule has 0 saturated heterocycles. The van der Waals surface area contributed by atoms with Crippen LogP contribution in [-0.2, 0) is 4.74 Å². The summed E-state index contributed by atoms with van der Waals surface area (Å²) in [4.78, 5) is 13.4. The highest BCUT2D eigenvalue weighted by atomic mass is 35.5. The maximum atomic E-state index is 11.3. The molecule has 0 amide bonds. The number of halogens is 1. The van der Waals surface area contributed by atoms with Crippen LogP contribution in [0.2, 0.25) is 5.02 Å². The molecule has 19 heavy (non-hydrogen) atoms. The Balaban J connectivity index is 2.70. The fourth-order valence-corrected chi connectivity index (χ4v) is 2.11. The van der Waals surface area contributed by atoms with Gasteiger partial charge in [0, 0.05) is 24.3 Å². The molecule has 0 aliphatic heterocycles. The van der Waals surface area contributed by atoms with Crippen LogP contribution in [0.25, 0.3) is 0 Å². The molecule has 106 valence electrons. The maximum Gasteiger partial charge on any atom is 0.161 e. The lowest BCUT2D eigenvalue weighted by atomic mass is 10.1. The van der Waals surface area contributed by atoms with E-state index in [9.17, 15) is 4.79 Å². The van der Waals surface area contributed by atoms with Crippen molar-refractivity contribution in [3.05, 3.63) is 28.8 Å². The molecule has 1 rings (SSSR count). The fraction of sp³-hybridized carbons (Fsp3) is 0.500. The van der Waals surface area contributed by atoms with E-state index in [1.54, 1.807) is 12.1 Å². The number of aliphatic hydroxyl groups excluding tert-OH is 1. The zero-order valence-electron chi connectivity index (χ0n) is 11.4. The number of carbonyl (C=O) groups is 1. The molecule has 0 heterocycles. The van der Waals surface area contributed by atoms with E-state index < -0.39 is 0 Å². The van der Waals surface area contributed by atoms with E-state index in [-0.39, 0.29) is 12.4 Å². The molecule has 0 atom stereocenters. The second-order valence-electron chi connectivity index (χ2n) is 4.14. The molecule has 0 aliphatic rings. The lowest BCUT2D eigenvalue weighted by Gasteiger charge is -2.23. The van der Waals surface area contributed by atoms with Gasteiger partial charge in [-0.1, -0.05) is 11.6 Å². The predicted molar refractivity (Wildman–Crippen MR) is 77.2 cm³/mol. The summed E-state index contributed by atoms with van der Waals surface area (Å²) in [5, 5.41) is 9.11. The third-order valence-corrected chi connectivity index (χ3v) is 3.13. The van der Waals surface area contributed by atoms with Gasteiger partial charge < -0.3 is 14.7 Å². The Morgan fingerprint density at radius 3 is 2.68 bits per heavy atom. The molecule has 0 aromatic heterocycles. The molecule has 5 heteroatoms. The van der Waals surface area contributed by atoms with Gasteiger partial charge in [0.25, 0.3) is 0 Å². The summed E-state index contributed by atoms with van der Waals surface area (Å²) in [7, 11) is 0. The van der Waals surface area contributed by atoms with Gasteiger partial charge in [-0.15, -0.1) is 0 Å². The van der Waals surface area contributed by atoms with Gasteiger partial charge in [0.1, 0.15) is 0 Å². The Bertz CT molecular complexity index is 423. The number of ether oxygens (including phenoxy) is 1. The first-order chi connectivity index (χ1) is 9.10. The monoisotopic (exact) mass is 285 g/mol. The van der Waals surface area contributed by atoms with Crippen LogP contribution in [0.3, 0.4) is 0 Å². The summed E-state index contributed by atoms with van der Waals surface area (Å²) >= 11 is 6.10. The minimum Gasteiger partial charge on any atom is -0.394 e. The van der Waals surface area contributed by atoms with Crippen molar-refractivity contribution in [2.24, 2.45) is 0 Å². The second-order valence-corrected chi connectivity index (χ2v) is 4.54. The summed E-state index contributed by atoms with van der Waals surface area (Å²) in [6.45, 7) is 6.00. The number of anilines is 1. The zero-order chi connectivity index (χ0) is 14.3. The quantitative estimate of drug-likeness (QED) is 0.588. The highest BCUT2D eigenvalue weighted by Gasteiger charge is 2.09. The third-order valence-electron chi connectivity index (χ3n) is 2.82. The molecule has 1 aromatic carbocycles. The molecule has 0 spiro atoms. The maximum absolute atomic E-state index is 11.3. The zero-order valence-corrected chi connectivity index (χ0v) is 12.1. The molecule has 0 bridgehead atoms. The van der Waals surface area contributed by atoms with Crippen LogP contribution < -0.4 is 4.90 Å². The van der Waals surface area contributed by atoms with Crippen molar-refractivity contribution in [3.63, 3.8) is 0 Å². The van der Waals surface area contributed by atoms with Crippen LogP contribution in [0.1, 0.15) is 24.2 Å². The topological polar surface area (TPSA) is 49.8 Å². The smallest absolute Gasteiger partial charge is 0.161 e.